The Hall–Kier alpha value is -3.16. The van der Waals surface area contributed by atoms with Gasteiger partial charge in [-0.1, -0.05) is 30.7 Å². The number of carbonyl (C=O) groups is 2. The molecule has 1 saturated carbocycles. The molecule has 0 heterocycles. The number of rotatable bonds is 6. The number of para-hydroxylation sites is 2. The number of benzene rings is 2. The highest BCUT2D eigenvalue weighted by atomic mass is 19.1. The van der Waals surface area contributed by atoms with Crippen molar-refractivity contribution in [3.8, 4) is 0 Å². The summed E-state index contributed by atoms with van der Waals surface area (Å²) in [5, 5.41) is 10.6. The molecule has 30 heavy (non-hydrogen) atoms. The number of carbonyl (C=O) groups excluding carboxylic acids is 2. The van der Waals surface area contributed by atoms with Crippen LogP contribution in [0.25, 0.3) is 0 Å². The summed E-state index contributed by atoms with van der Waals surface area (Å²) in [5.41, 5.74) is 0.281. The largest absolute Gasteiger partial charge is 0.338 e. The van der Waals surface area contributed by atoms with Gasteiger partial charge in [-0.2, -0.15) is 0 Å². The molecular formula is C22H26F2N4O2. The van der Waals surface area contributed by atoms with Crippen molar-refractivity contribution < 1.29 is 18.4 Å². The molecule has 3 rings (SSSR count). The molecule has 0 aromatic heterocycles. The minimum Gasteiger partial charge on any atom is -0.338 e. The summed E-state index contributed by atoms with van der Waals surface area (Å²) in [6.07, 6.45) is 3.83. The standard InChI is InChI=1S/C22H26F2N4O2/c23-17-8-1-3-10-19(17)27-21(29)25-13-15-6-5-7-16(12-15)14-26-22(30)28-20-11-4-2-9-18(20)24/h1-4,8-11,15-16H,5-7,12-14H2,(H2,25,27,29)(H2,26,28,30)/t15-,16-/m0/s1. The molecule has 6 nitrogen and oxygen atoms in total. The lowest BCUT2D eigenvalue weighted by molar-refractivity contribution is 0.230. The number of hydrogen-bond acceptors (Lipinski definition) is 2. The molecule has 0 unspecified atom stereocenters. The van der Waals surface area contributed by atoms with E-state index in [1.165, 1.54) is 24.3 Å². The predicted molar refractivity (Wildman–Crippen MR) is 112 cm³/mol. The SMILES string of the molecule is O=C(NC[C@H]1CCC[C@H](CNC(=O)Nc2ccccc2F)C1)Nc1ccccc1F. The molecule has 160 valence electrons. The fourth-order valence-electron chi connectivity index (χ4n) is 3.71. The van der Waals surface area contributed by atoms with E-state index in [9.17, 15) is 18.4 Å². The Morgan fingerprint density at radius 1 is 0.767 bits per heavy atom. The average molecular weight is 416 g/mol. The number of halogens is 2. The van der Waals surface area contributed by atoms with Crippen LogP contribution in [0.3, 0.4) is 0 Å². The maximum Gasteiger partial charge on any atom is 0.319 e. The first-order valence-corrected chi connectivity index (χ1v) is 10.1. The van der Waals surface area contributed by atoms with Gasteiger partial charge >= 0.3 is 12.1 Å². The fourth-order valence-corrected chi connectivity index (χ4v) is 3.71. The molecule has 4 amide bonds. The van der Waals surface area contributed by atoms with Crippen LogP contribution in [-0.4, -0.2) is 25.2 Å². The molecular weight excluding hydrogens is 390 g/mol. The zero-order valence-electron chi connectivity index (χ0n) is 16.6. The topological polar surface area (TPSA) is 82.3 Å². The summed E-state index contributed by atoms with van der Waals surface area (Å²) in [5.74, 6) is -0.395. The van der Waals surface area contributed by atoms with Crippen molar-refractivity contribution in [3.05, 3.63) is 60.2 Å². The molecule has 1 aliphatic carbocycles. The Labute approximate surface area is 174 Å². The first-order chi connectivity index (χ1) is 14.5. The zero-order chi connectivity index (χ0) is 21.3. The molecule has 2 aromatic carbocycles. The Kier molecular flexibility index (Phi) is 7.59. The smallest absolute Gasteiger partial charge is 0.319 e. The van der Waals surface area contributed by atoms with Crippen LogP contribution >= 0.6 is 0 Å². The molecule has 0 spiro atoms. The van der Waals surface area contributed by atoms with Gasteiger partial charge in [-0.05, 0) is 55.4 Å². The highest BCUT2D eigenvalue weighted by molar-refractivity contribution is 5.89. The van der Waals surface area contributed by atoms with E-state index < -0.39 is 23.7 Å². The third-order valence-electron chi connectivity index (χ3n) is 5.24. The van der Waals surface area contributed by atoms with E-state index in [2.05, 4.69) is 21.3 Å². The average Bonchev–Trinajstić information content (AvgIpc) is 2.74. The second-order valence-corrected chi connectivity index (χ2v) is 7.53. The molecule has 0 radical (unpaired) electrons. The molecule has 8 heteroatoms. The predicted octanol–water partition coefficient (Wildman–Crippen LogP) is 4.71. The van der Waals surface area contributed by atoms with Gasteiger partial charge in [0.2, 0.25) is 0 Å². The van der Waals surface area contributed by atoms with Crippen LogP contribution in [-0.2, 0) is 0 Å². The lowest BCUT2D eigenvalue weighted by atomic mass is 9.81. The molecule has 1 fully saturated rings. The van der Waals surface area contributed by atoms with Gasteiger partial charge in [-0.15, -0.1) is 0 Å². The van der Waals surface area contributed by atoms with E-state index in [1.807, 2.05) is 0 Å². The van der Waals surface area contributed by atoms with Crippen molar-refractivity contribution in [1.29, 1.82) is 0 Å². The van der Waals surface area contributed by atoms with E-state index in [-0.39, 0.29) is 23.2 Å². The van der Waals surface area contributed by atoms with Crippen molar-refractivity contribution in [1.82, 2.24) is 10.6 Å². The Balaban J connectivity index is 1.38. The van der Waals surface area contributed by atoms with Crippen LogP contribution in [0.1, 0.15) is 25.7 Å². The lowest BCUT2D eigenvalue weighted by Crippen LogP contribution is -2.38. The van der Waals surface area contributed by atoms with E-state index in [1.54, 1.807) is 24.3 Å². The number of amides is 4. The second-order valence-electron chi connectivity index (χ2n) is 7.53. The van der Waals surface area contributed by atoms with Crippen molar-refractivity contribution in [2.24, 2.45) is 11.8 Å². The van der Waals surface area contributed by atoms with Crippen LogP contribution in [0.4, 0.5) is 29.7 Å². The molecule has 0 bridgehead atoms. The van der Waals surface area contributed by atoms with E-state index in [4.69, 9.17) is 0 Å². The van der Waals surface area contributed by atoms with Gasteiger partial charge in [-0.3, -0.25) is 0 Å². The van der Waals surface area contributed by atoms with Gasteiger partial charge in [0.15, 0.2) is 0 Å². The summed E-state index contributed by atoms with van der Waals surface area (Å²) in [7, 11) is 0. The molecule has 1 aliphatic rings. The van der Waals surface area contributed by atoms with Crippen molar-refractivity contribution >= 4 is 23.4 Å². The third-order valence-corrected chi connectivity index (χ3v) is 5.24. The highest BCUT2D eigenvalue weighted by Crippen LogP contribution is 2.28. The summed E-state index contributed by atoms with van der Waals surface area (Å²) < 4.78 is 27.2. The summed E-state index contributed by atoms with van der Waals surface area (Å²) in [6.45, 7) is 0.969. The number of anilines is 2. The molecule has 2 atom stereocenters. The first kappa shape index (κ1) is 21.5. The van der Waals surface area contributed by atoms with Gasteiger partial charge in [0, 0.05) is 13.1 Å². The summed E-state index contributed by atoms with van der Waals surface area (Å²) in [4.78, 5) is 24.0. The highest BCUT2D eigenvalue weighted by Gasteiger charge is 2.23. The molecule has 4 N–H and O–H groups in total. The Morgan fingerprint density at radius 2 is 1.20 bits per heavy atom. The maximum atomic E-state index is 13.6. The third kappa shape index (κ3) is 6.43. The van der Waals surface area contributed by atoms with Gasteiger partial charge in [-0.25, -0.2) is 18.4 Å². The van der Waals surface area contributed by atoms with Crippen LogP contribution in [0.2, 0.25) is 0 Å². The number of hydrogen-bond donors (Lipinski definition) is 4. The van der Waals surface area contributed by atoms with E-state index in [0.717, 1.165) is 25.7 Å². The van der Waals surface area contributed by atoms with Gasteiger partial charge < -0.3 is 21.3 Å². The number of urea groups is 2. The zero-order valence-corrected chi connectivity index (χ0v) is 16.6. The number of nitrogens with one attached hydrogen (secondary N) is 4. The quantitative estimate of drug-likeness (QED) is 0.550. The Morgan fingerprint density at radius 3 is 1.63 bits per heavy atom. The van der Waals surface area contributed by atoms with Crippen LogP contribution < -0.4 is 21.3 Å². The monoisotopic (exact) mass is 416 g/mol. The normalized spacial score (nSPS) is 18.3. The summed E-state index contributed by atoms with van der Waals surface area (Å²) >= 11 is 0. The van der Waals surface area contributed by atoms with Crippen LogP contribution in [0.15, 0.2) is 48.5 Å². The Bertz CT molecular complexity index is 808. The summed E-state index contributed by atoms with van der Waals surface area (Å²) in [6, 6.07) is 11.1. The van der Waals surface area contributed by atoms with Crippen LogP contribution in [0, 0.1) is 23.5 Å². The van der Waals surface area contributed by atoms with E-state index in [0.29, 0.717) is 13.1 Å². The fraction of sp³-hybridized carbons (Fsp3) is 0.364. The van der Waals surface area contributed by atoms with Crippen LogP contribution in [0.5, 0.6) is 0 Å². The van der Waals surface area contributed by atoms with Gasteiger partial charge in [0.25, 0.3) is 0 Å². The minimum atomic E-state index is -0.481. The van der Waals surface area contributed by atoms with Crippen molar-refractivity contribution in [2.75, 3.05) is 23.7 Å². The van der Waals surface area contributed by atoms with Crippen molar-refractivity contribution in [2.45, 2.75) is 25.7 Å². The van der Waals surface area contributed by atoms with Gasteiger partial charge in [0.1, 0.15) is 11.6 Å². The lowest BCUT2D eigenvalue weighted by Gasteiger charge is -2.29. The molecule has 2 aromatic rings. The second kappa shape index (κ2) is 10.6. The molecule has 0 aliphatic heterocycles. The minimum absolute atomic E-state index is 0.140. The maximum absolute atomic E-state index is 13.6. The van der Waals surface area contributed by atoms with Gasteiger partial charge in [0.05, 0.1) is 11.4 Å². The van der Waals surface area contributed by atoms with Crippen molar-refractivity contribution in [3.63, 3.8) is 0 Å². The first-order valence-electron chi connectivity index (χ1n) is 10.1. The molecule has 0 saturated heterocycles. The van der Waals surface area contributed by atoms with E-state index >= 15 is 0 Å².